The van der Waals surface area contributed by atoms with Crippen LogP contribution in [0.5, 0.6) is 0 Å². The highest BCUT2D eigenvalue weighted by molar-refractivity contribution is 5.90. The summed E-state index contributed by atoms with van der Waals surface area (Å²) in [6.45, 7) is 21.8. The Morgan fingerprint density at radius 3 is 1.79 bits per heavy atom. The zero-order chi connectivity index (χ0) is 34.3. The third-order valence-electron chi connectivity index (χ3n) is 16.0. The molecule has 5 fully saturated rings. The number of hydrogen-bond donors (Lipinski definition) is 0. The van der Waals surface area contributed by atoms with Gasteiger partial charge in [-0.15, -0.1) is 0 Å². The van der Waals surface area contributed by atoms with Gasteiger partial charge in [0.2, 0.25) is 0 Å². The quantitative estimate of drug-likeness (QED) is 0.239. The third-order valence-corrected chi connectivity index (χ3v) is 16.0. The topological polar surface area (TPSA) is 52.6 Å². The molecule has 4 nitrogen and oxygen atoms in total. The standard InChI is InChI=1S/C44H58O4/c1-28(2)31-21-24-42(6)36(48-39(46)30-17-13-10-14-18-30)27-44(8)32(37(31)42)19-20-34-41(5)25-23-35(47-38(45)29-15-11-9-12-16-29)40(3,4)33(41)22-26-43(34,44)7/h9-18,31-37H,1,19-27H2,2-8H3/t31-,32+,33-,34+,35-,36-,37+,41-,42+,43+,44+/m0/s1. The van der Waals surface area contributed by atoms with Gasteiger partial charge in [0.25, 0.3) is 0 Å². The van der Waals surface area contributed by atoms with E-state index in [-0.39, 0.29) is 51.2 Å². The van der Waals surface area contributed by atoms with E-state index in [2.05, 4.69) is 55.0 Å². The van der Waals surface area contributed by atoms with E-state index in [0.29, 0.717) is 40.7 Å². The minimum absolute atomic E-state index is 0.0362. The van der Waals surface area contributed by atoms with Gasteiger partial charge in [0, 0.05) is 10.8 Å². The molecule has 0 aromatic heterocycles. The first-order valence-electron chi connectivity index (χ1n) is 18.8. The van der Waals surface area contributed by atoms with Crippen LogP contribution in [0, 0.1) is 56.7 Å². The molecule has 7 rings (SSSR count). The summed E-state index contributed by atoms with van der Waals surface area (Å²) < 4.78 is 13.0. The minimum Gasteiger partial charge on any atom is -0.458 e. The van der Waals surface area contributed by atoms with Crippen LogP contribution >= 0.6 is 0 Å². The lowest BCUT2D eigenvalue weighted by Gasteiger charge is -2.73. The average Bonchev–Trinajstić information content (AvgIpc) is 3.42. The van der Waals surface area contributed by atoms with Gasteiger partial charge in [-0.25, -0.2) is 9.59 Å². The molecule has 0 amide bonds. The number of hydrogen-bond acceptors (Lipinski definition) is 4. The predicted octanol–water partition coefficient (Wildman–Crippen LogP) is 10.7. The van der Waals surface area contributed by atoms with E-state index < -0.39 is 0 Å². The normalized spacial score (nSPS) is 42.7. The first-order valence-corrected chi connectivity index (χ1v) is 18.8. The Labute approximate surface area is 289 Å². The van der Waals surface area contributed by atoms with Crippen molar-refractivity contribution in [1.82, 2.24) is 0 Å². The summed E-state index contributed by atoms with van der Waals surface area (Å²) in [5.74, 6) is 2.18. The fraction of sp³-hybridized carbons (Fsp3) is 0.636. The van der Waals surface area contributed by atoms with Crippen molar-refractivity contribution in [2.45, 2.75) is 118 Å². The number of benzene rings is 2. The lowest BCUT2D eigenvalue weighted by Crippen LogP contribution is -2.68. The van der Waals surface area contributed by atoms with E-state index >= 15 is 0 Å². The molecule has 48 heavy (non-hydrogen) atoms. The van der Waals surface area contributed by atoms with Gasteiger partial charge in [-0.2, -0.15) is 0 Å². The van der Waals surface area contributed by atoms with Crippen LogP contribution < -0.4 is 0 Å². The second-order valence-corrected chi connectivity index (χ2v) is 18.3. The van der Waals surface area contributed by atoms with Crippen LogP contribution in [-0.4, -0.2) is 24.1 Å². The van der Waals surface area contributed by atoms with Crippen molar-refractivity contribution in [3.05, 3.63) is 83.9 Å². The molecule has 0 N–H and O–H groups in total. The average molecular weight is 651 g/mol. The predicted molar refractivity (Wildman–Crippen MR) is 191 cm³/mol. The summed E-state index contributed by atoms with van der Waals surface area (Å²) in [6.07, 6.45) is 9.71. The molecule has 0 spiro atoms. The molecule has 258 valence electrons. The molecule has 11 atom stereocenters. The molecule has 5 aliphatic carbocycles. The fourth-order valence-electron chi connectivity index (χ4n) is 13.4. The number of allylic oxidation sites excluding steroid dienone is 1. The highest BCUT2D eigenvalue weighted by atomic mass is 16.5. The second-order valence-electron chi connectivity index (χ2n) is 18.3. The highest BCUT2D eigenvalue weighted by Crippen LogP contribution is 2.77. The van der Waals surface area contributed by atoms with E-state index in [1.54, 1.807) is 0 Å². The maximum absolute atomic E-state index is 13.7. The molecule has 5 saturated carbocycles. The molecule has 0 heterocycles. The minimum atomic E-state index is -0.198. The van der Waals surface area contributed by atoms with E-state index in [1.807, 2.05) is 60.7 Å². The third kappa shape index (κ3) is 4.81. The Kier molecular flexibility index (Phi) is 8.12. The lowest BCUT2D eigenvalue weighted by molar-refractivity contribution is -0.261. The Morgan fingerprint density at radius 1 is 0.646 bits per heavy atom. The molecule has 2 aromatic rings. The first-order chi connectivity index (χ1) is 22.7. The van der Waals surface area contributed by atoms with Crippen molar-refractivity contribution in [3.8, 4) is 0 Å². The number of carbonyl (C=O) groups is 2. The molecule has 0 radical (unpaired) electrons. The van der Waals surface area contributed by atoms with E-state index in [1.165, 1.54) is 18.4 Å². The van der Waals surface area contributed by atoms with Gasteiger partial charge < -0.3 is 9.47 Å². The smallest absolute Gasteiger partial charge is 0.338 e. The fourth-order valence-corrected chi connectivity index (χ4v) is 13.4. The number of rotatable bonds is 5. The summed E-state index contributed by atoms with van der Waals surface area (Å²) in [4.78, 5) is 27.0. The Balaban J connectivity index is 1.21. The summed E-state index contributed by atoms with van der Waals surface area (Å²) in [7, 11) is 0. The zero-order valence-electron chi connectivity index (χ0n) is 30.5. The molecule has 4 heteroatoms. The van der Waals surface area contributed by atoms with E-state index in [9.17, 15) is 9.59 Å². The first kappa shape index (κ1) is 33.6. The lowest BCUT2D eigenvalue weighted by atomic mass is 9.32. The van der Waals surface area contributed by atoms with Gasteiger partial charge in [0.15, 0.2) is 0 Å². The zero-order valence-corrected chi connectivity index (χ0v) is 30.5. The largest absolute Gasteiger partial charge is 0.458 e. The summed E-state index contributed by atoms with van der Waals surface area (Å²) in [6, 6.07) is 19.0. The number of carbonyl (C=O) groups excluding carboxylic acids is 2. The van der Waals surface area contributed by atoms with Gasteiger partial charge in [-0.05, 0) is 135 Å². The Morgan fingerprint density at radius 2 is 1.21 bits per heavy atom. The van der Waals surface area contributed by atoms with Crippen molar-refractivity contribution in [2.75, 3.05) is 0 Å². The number of fused-ring (bicyclic) bond motifs is 7. The van der Waals surface area contributed by atoms with Crippen molar-refractivity contribution >= 4 is 11.9 Å². The van der Waals surface area contributed by atoms with Crippen LogP contribution in [0.1, 0.15) is 127 Å². The molecule has 5 aliphatic rings. The van der Waals surface area contributed by atoms with E-state index in [0.717, 1.165) is 44.9 Å². The van der Waals surface area contributed by atoms with E-state index in [4.69, 9.17) is 9.47 Å². The van der Waals surface area contributed by atoms with Crippen LogP contribution in [0.3, 0.4) is 0 Å². The summed E-state index contributed by atoms with van der Waals surface area (Å²) in [5.41, 5.74) is 2.72. The Bertz CT molecular complexity index is 1560. The van der Waals surface area contributed by atoms with Gasteiger partial charge >= 0.3 is 11.9 Å². The molecular formula is C44H58O4. The molecular weight excluding hydrogens is 592 g/mol. The second kappa shape index (κ2) is 11.6. The summed E-state index contributed by atoms with van der Waals surface area (Å²) in [5, 5.41) is 0. The molecule has 0 saturated heterocycles. The van der Waals surface area contributed by atoms with Gasteiger partial charge in [0.1, 0.15) is 12.2 Å². The SMILES string of the molecule is C=C(C)[C@@H]1CC[C@@]2(C)[C@H]1[C@H]1CC[C@@H]3[C@@]4(C)CC[C@H](OC(=O)c5ccccc5)C(C)(C)[C@@H]4CC[C@@]3(C)[C@]1(C)C[C@@H]2OC(=O)c1ccccc1. The van der Waals surface area contributed by atoms with Crippen LogP contribution in [0.15, 0.2) is 72.8 Å². The van der Waals surface area contributed by atoms with Gasteiger partial charge in [-0.1, -0.05) is 90.1 Å². The van der Waals surface area contributed by atoms with Crippen molar-refractivity contribution in [1.29, 1.82) is 0 Å². The maximum Gasteiger partial charge on any atom is 0.338 e. The Hall–Kier alpha value is -2.88. The number of ether oxygens (including phenoxy) is 2. The van der Waals surface area contributed by atoms with Gasteiger partial charge in [0.05, 0.1) is 11.1 Å². The van der Waals surface area contributed by atoms with Crippen LogP contribution in [0.4, 0.5) is 0 Å². The van der Waals surface area contributed by atoms with Crippen LogP contribution in [-0.2, 0) is 9.47 Å². The number of esters is 2. The monoisotopic (exact) mass is 650 g/mol. The van der Waals surface area contributed by atoms with Crippen molar-refractivity contribution < 1.29 is 19.1 Å². The molecule has 0 bridgehead atoms. The van der Waals surface area contributed by atoms with Crippen LogP contribution in [0.25, 0.3) is 0 Å². The highest BCUT2D eigenvalue weighted by Gasteiger charge is 2.72. The van der Waals surface area contributed by atoms with Crippen molar-refractivity contribution in [3.63, 3.8) is 0 Å². The maximum atomic E-state index is 13.7. The van der Waals surface area contributed by atoms with Crippen molar-refractivity contribution in [2.24, 2.45) is 56.7 Å². The molecule has 0 aliphatic heterocycles. The summed E-state index contributed by atoms with van der Waals surface area (Å²) >= 11 is 0. The molecule has 0 unspecified atom stereocenters. The van der Waals surface area contributed by atoms with Gasteiger partial charge in [-0.3, -0.25) is 0 Å². The van der Waals surface area contributed by atoms with Crippen LogP contribution in [0.2, 0.25) is 0 Å². The molecule has 2 aromatic carbocycles.